The summed E-state index contributed by atoms with van der Waals surface area (Å²) in [4.78, 5) is 8.74. The zero-order chi connectivity index (χ0) is 21.1. The fraction of sp³-hybridized carbons (Fsp3) is 0.500. The van der Waals surface area contributed by atoms with Crippen LogP contribution in [0.2, 0.25) is 0 Å². The Kier molecular flexibility index (Phi) is 7.22. The van der Waals surface area contributed by atoms with Crippen molar-refractivity contribution in [2.75, 3.05) is 0 Å². The third-order valence-electron chi connectivity index (χ3n) is 4.28. The molecule has 0 spiro atoms. The Hall–Kier alpha value is -1.93. The average Bonchev–Trinajstić information content (AvgIpc) is 3.11. The largest absolute Gasteiger partial charge is 0.573 e. The number of hydrogen-bond donors (Lipinski definition) is 1. The molecular formula is C20H25F3N2O2S. The second-order valence-corrected chi connectivity index (χ2v) is 7.88. The topological polar surface area (TPSA) is 54.7 Å². The lowest BCUT2D eigenvalue weighted by atomic mass is 9.93. The molecular weight excluding hydrogens is 389 g/mol. The lowest BCUT2D eigenvalue weighted by Crippen LogP contribution is -2.20. The molecule has 0 aliphatic rings. The molecule has 0 bridgehead atoms. The molecule has 154 valence electrons. The minimum absolute atomic E-state index is 0.0613. The fourth-order valence-electron chi connectivity index (χ4n) is 2.89. The molecule has 0 aliphatic carbocycles. The number of halogens is 3. The Labute approximate surface area is 167 Å². The number of aliphatic imine (C=N–C) groups is 1. The summed E-state index contributed by atoms with van der Waals surface area (Å²) in [5.41, 5.74) is 2.02. The first-order chi connectivity index (χ1) is 13.0. The van der Waals surface area contributed by atoms with Gasteiger partial charge in [0.1, 0.15) is 10.7 Å². The highest BCUT2D eigenvalue weighted by Crippen LogP contribution is 2.47. The van der Waals surface area contributed by atoms with Crippen LogP contribution in [0.25, 0.3) is 10.6 Å². The second kappa shape index (κ2) is 9.05. The van der Waals surface area contributed by atoms with Crippen LogP contribution in [-0.2, 0) is 0 Å². The van der Waals surface area contributed by atoms with E-state index in [-0.39, 0.29) is 17.2 Å². The van der Waals surface area contributed by atoms with Crippen LogP contribution in [0.5, 0.6) is 5.75 Å². The summed E-state index contributed by atoms with van der Waals surface area (Å²) < 4.78 is 44.0. The van der Waals surface area contributed by atoms with Gasteiger partial charge in [-0.15, -0.1) is 24.5 Å². The number of aliphatic hydroxyl groups excluding tert-OH is 1. The van der Waals surface area contributed by atoms with E-state index >= 15 is 0 Å². The third kappa shape index (κ3) is 5.32. The summed E-state index contributed by atoms with van der Waals surface area (Å²) in [5.74, 6) is -0.752. The number of thiazole rings is 1. The van der Waals surface area contributed by atoms with Crippen LogP contribution in [0.3, 0.4) is 0 Å². The van der Waals surface area contributed by atoms with Crippen LogP contribution in [0, 0.1) is 12.8 Å². The van der Waals surface area contributed by atoms with Crippen LogP contribution in [0.4, 0.5) is 18.9 Å². The van der Waals surface area contributed by atoms with Crippen molar-refractivity contribution in [3.05, 3.63) is 28.8 Å². The van der Waals surface area contributed by atoms with Gasteiger partial charge in [0.2, 0.25) is 0 Å². The van der Waals surface area contributed by atoms with Crippen molar-refractivity contribution in [2.24, 2.45) is 10.9 Å². The van der Waals surface area contributed by atoms with Crippen molar-refractivity contribution in [2.45, 2.75) is 59.9 Å². The first-order valence-corrected chi connectivity index (χ1v) is 9.98. The van der Waals surface area contributed by atoms with Crippen molar-refractivity contribution in [1.82, 2.24) is 4.98 Å². The molecule has 1 aromatic carbocycles. The highest BCUT2D eigenvalue weighted by Gasteiger charge is 2.36. The normalized spacial score (nSPS) is 13.9. The van der Waals surface area contributed by atoms with Crippen LogP contribution >= 0.6 is 11.3 Å². The van der Waals surface area contributed by atoms with Gasteiger partial charge in [-0.2, -0.15) is 0 Å². The van der Waals surface area contributed by atoms with Gasteiger partial charge < -0.3 is 9.84 Å². The van der Waals surface area contributed by atoms with E-state index < -0.39 is 18.2 Å². The van der Waals surface area contributed by atoms with E-state index in [1.54, 1.807) is 39.3 Å². The molecule has 0 amide bonds. The lowest BCUT2D eigenvalue weighted by molar-refractivity contribution is -0.274. The first kappa shape index (κ1) is 22.4. The van der Waals surface area contributed by atoms with Gasteiger partial charge in [-0.05, 0) is 37.8 Å². The number of nitrogens with zero attached hydrogens (tertiary/aromatic N) is 2. The van der Waals surface area contributed by atoms with Gasteiger partial charge in [-0.25, -0.2) is 4.98 Å². The van der Waals surface area contributed by atoms with Gasteiger partial charge in [-0.3, -0.25) is 4.99 Å². The molecule has 4 nitrogen and oxygen atoms in total. The summed E-state index contributed by atoms with van der Waals surface area (Å²) in [6, 6.07) is 1.54. The van der Waals surface area contributed by atoms with Gasteiger partial charge in [0, 0.05) is 28.4 Å². The molecule has 28 heavy (non-hydrogen) atoms. The maximum Gasteiger partial charge on any atom is 0.573 e. The predicted octanol–water partition coefficient (Wildman–Crippen LogP) is 6.60. The molecule has 8 heteroatoms. The number of ether oxygens (including phenoxy) is 1. The van der Waals surface area contributed by atoms with Gasteiger partial charge in [0.25, 0.3) is 0 Å². The van der Waals surface area contributed by atoms with Crippen molar-refractivity contribution >= 4 is 22.7 Å². The SMILES string of the molecule is CCC/C(C)=N\c1c(C)c(-c2nccs2)cc(C(O)C(C)C)c1OC(F)(F)F. The molecule has 0 saturated heterocycles. The van der Waals surface area contributed by atoms with E-state index in [2.05, 4.69) is 14.7 Å². The number of rotatable bonds is 7. The first-order valence-electron chi connectivity index (χ1n) is 9.10. The zero-order valence-electron chi connectivity index (χ0n) is 16.6. The maximum atomic E-state index is 13.2. The van der Waals surface area contributed by atoms with Crippen molar-refractivity contribution in [3.8, 4) is 16.3 Å². The molecule has 1 unspecified atom stereocenters. The Morgan fingerprint density at radius 1 is 1.36 bits per heavy atom. The van der Waals surface area contributed by atoms with E-state index in [9.17, 15) is 18.3 Å². The monoisotopic (exact) mass is 414 g/mol. The van der Waals surface area contributed by atoms with Crippen molar-refractivity contribution in [1.29, 1.82) is 0 Å². The van der Waals surface area contributed by atoms with Crippen LogP contribution < -0.4 is 4.74 Å². The number of hydrogen-bond acceptors (Lipinski definition) is 5. The Bertz CT molecular complexity index is 831. The Balaban J connectivity index is 2.84. The summed E-state index contributed by atoms with van der Waals surface area (Å²) in [6.07, 6.45) is -2.95. The second-order valence-electron chi connectivity index (χ2n) is 6.99. The lowest BCUT2D eigenvalue weighted by Gasteiger charge is -2.24. The van der Waals surface area contributed by atoms with E-state index in [0.717, 1.165) is 6.42 Å². The van der Waals surface area contributed by atoms with Gasteiger partial charge >= 0.3 is 6.36 Å². The molecule has 1 heterocycles. The van der Waals surface area contributed by atoms with E-state index in [4.69, 9.17) is 0 Å². The maximum absolute atomic E-state index is 13.2. The van der Waals surface area contributed by atoms with E-state index in [1.807, 2.05) is 6.92 Å². The predicted molar refractivity (Wildman–Crippen MR) is 106 cm³/mol. The quantitative estimate of drug-likeness (QED) is 0.519. The number of aliphatic hydroxyl groups is 1. The summed E-state index contributed by atoms with van der Waals surface area (Å²) >= 11 is 1.37. The molecule has 1 aromatic heterocycles. The highest BCUT2D eigenvalue weighted by atomic mass is 32.1. The Morgan fingerprint density at radius 3 is 2.54 bits per heavy atom. The summed E-state index contributed by atoms with van der Waals surface area (Å²) in [5, 5.41) is 13.1. The number of aromatic nitrogens is 1. The van der Waals surface area contributed by atoms with E-state index in [1.165, 1.54) is 17.4 Å². The Morgan fingerprint density at radius 2 is 2.04 bits per heavy atom. The summed E-state index contributed by atoms with van der Waals surface area (Å²) in [6.45, 7) is 8.91. The molecule has 1 N–H and O–H groups in total. The summed E-state index contributed by atoms with van der Waals surface area (Å²) in [7, 11) is 0. The molecule has 1 atom stereocenters. The van der Waals surface area contributed by atoms with Crippen molar-refractivity contribution < 1.29 is 23.0 Å². The van der Waals surface area contributed by atoms with E-state index in [0.29, 0.717) is 28.3 Å². The molecule has 2 aromatic rings. The fourth-order valence-corrected chi connectivity index (χ4v) is 3.60. The smallest absolute Gasteiger partial charge is 0.403 e. The van der Waals surface area contributed by atoms with Crippen molar-refractivity contribution in [3.63, 3.8) is 0 Å². The van der Waals surface area contributed by atoms with Gasteiger partial charge in [0.15, 0.2) is 5.75 Å². The number of alkyl halides is 3. The third-order valence-corrected chi connectivity index (χ3v) is 5.09. The average molecular weight is 414 g/mol. The minimum atomic E-state index is -4.90. The molecule has 2 rings (SSSR count). The molecule has 0 radical (unpaired) electrons. The van der Waals surface area contributed by atoms with Crippen LogP contribution in [0.1, 0.15) is 57.8 Å². The van der Waals surface area contributed by atoms with Gasteiger partial charge in [-0.1, -0.05) is 27.2 Å². The van der Waals surface area contributed by atoms with Gasteiger partial charge in [0.05, 0.1) is 6.10 Å². The molecule has 0 saturated carbocycles. The standard InChI is InChI=1S/C20H25F3N2O2S/c1-6-7-12(4)25-16-13(5)14(19-24-8-9-28-19)10-15(17(26)11(2)3)18(16)27-20(21,22)23/h8-11,17,26H,6-7H2,1-5H3/b25-12-. The van der Waals surface area contributed by atoms with Crippen LogP contribution in [-0.4, -0.2) is 22.2 Å². The van der Waals surface area contributed by atoms with Crippen LogP contribution in [0.15, 0.2) is 22.6 Å². The number of benzene rings is 1. The highest BCUT2D eigenvalue weighted by molar-refractivity contribution is 7.13. The molecule has 0 aliphatic heterocycles. The molecule has 0 fully saturated rings. The minimum Gasteiger partial charge on any atom is -0.403 e. The zero-order valence-corrected chi connectivity index (χ0v) is 17.4.